The standard InChI is InChI=1S/C23H35N3O5/c1-4-30-23(12-6-5-7-13-23)31-15-18-8-10-19(11-9-18)26-20(28)14-24-22(29)21(17(2)3)25-16-27/h8-11,16-17,21H,4-7,12-15H2,1-3H3,(H,24,29)(H,25,27)(H,26,28). The van der Waals surface area contributed by atoms with Gasteiger partial charge in [0, 0.05) is 25.1 Å². The van der Waals surface area contributed by atoms with E-state index in [1.807, 2.05) is 32.9 Å². The molecular weight excluding hydrogens is 398 g/mol. The van der Waals surface area contributed by atoms with Gasteiger partial charge in [0.15, 0.2) is 5.79 Å². The number of nitrogens with one attached hydrogen (secondary N) is 3. The highest BCUT2D eigenvalue weighted by Crippen LogP contribution is 2.33. The van der Waals surface area contributed by atoms with Crippen molar-refractivity contribution in [2.75, 3.05) is 18.5 Å². The number of anilines is 1. The molecule has 1 aliphatic rings. The lowest BCUT2D eigenvalue weighted by Crippen LogP contribution is -2.48. The average Bonchev–Trinajstić information content (AvgIpc) is 2.76. The topological polar surface area (TPSA) is 106 Å². The Labute approximate surface area is 184 Å². The third-order valence-electron chi connectivity index (χ3n) is 5.38. The van der Waals surface area contributed by atoms with Gasteiger partial charge in [-0.3, -0.25) is 14.4 Å². The molecule has 2 rings (SSSR count). The lowest BCUT2D eigenvalue weighted by atomic mass is 9.94. The van der Waals surface area contributed by atoms with Crippen LogP contribution in [-0.2, 0) is 30.5 Å². The molecule has 3 amide bonds. The van der Waals surface area contributed by atoms with Crippen molar-refractivity contribution in [3.8, 4) is 0 Å². The van der Waals surface area contributed by atoms with Gasteiger partial charge in [-0.25, -0.2) is 0 Å². The van der Waals surface area contributed by atoms with Crippen molar-refractivity contribution >= 4 is 23.9 Å². The van der Waals surface area contributed by atoms with Crippen LogP contribution in [0, 0.1) is 5.92 Å². The van der Waals surface area contributed by atoms with Crippen molar-refractivity contribution < 1.29 is 23.9 Å². The molecule has 0 aliphatic heterocycles. The van der Waals surface area contributed by atoms with Gasteiger partial charge in [0.1, 0.15) is 6.04 Å². The molecule has 3 N–H and O–H groups in total. The molecule has 0 bridgehead atoms. The molecule has 0 spiro atoms. The van der Waals surface area contributed by atoms with Crippen molar-refractivity contribution in [2.24, 2.45) is 5.92 Å². The zero-order valence-corrected chi connectivity index (χ0v) is 18.7. The average molecular weight is 434 g/mol. The predicted octanol–water partition coefficient (Wildman–Crippen LogP) is 2.73. The maximum Gasteiger partial charge on any atom is 0.243 e. The Kier molecular flexibility index (Phi) is 9.94. The Hall–Kier alpha value is -2.45. The van der Waals surface area contributed by atoms with Crippen LogP contribution >= 0.6 is 0 Å². The summed E-state index contributed by atoms with van der Waals surface area (Å²) in [7, 11) is 0. The first kappa shape index (κ1) is 24.8. The smallest absolute Gasteiger partial charge is 0.243 e. The van der Waals surface area contributed by atoms with Crippen molar-refractivity contribution in [1.82, 2.24) is 10.6 Å². The molecule has 1 atom stereocenters. The number of rotatable bonds is 12. The molecule has 0 heterocycles. The maximum atomic E-state index is 12.1. The lowest BCUT2D eigenvalue weighted by molar-refractivity contribution is -0.256. The third-order valence-corrected chi connectivity index (χ3v) is 5.38. The van der Waals surface area contributed by atoms with E-state index in [4.69, 9.17) is 9.47 Å². The summed E-state index contributed by atoms with van der Waals surface area (Å²) in [6, 6.07) is 6.74. The summed E-state index contributed by atoms with van der Waals surface area (Å²) >= 11 is 0. The molecule has 1 aromatic rings. The molecule has 31 heavy (non-hydrogen) atoms. The van der Waals surface area contributed by atoms with Crippen LogP contribution < -0.4 is 16.0 Å². The first-order valence-corrected chi connectivity index (χ1v) is 11.0. The van der Waals surface area contributed by atoms with Crippen molar-refractivity contribution in [3.05, 3.63) is 29.8 Å². The van der Waals surface area contributed by atoms with Crippen molar-refractivity contribution in [1.29, 1.82) is 0 Å². The van der Waals surface area contributed by atoms with Gasteiger partial charge >= 0.3 is 0 Å². The van der Waals surface area contributed by atoms with Gasteiger partial charge < -0.3 is 25.4 Å². The largest absolute Gasteiger partial charge is 0.350 e. The summed E-state index contributed by atoms with van der Waals surface area (Å²) < 4.78 is 12.1. The molecule has 1 aliphatic carbocycles. The fraction of sp³-hybridized carbons (Fsp3) is 0.609. The Bertz CT molecular complexity index is 709. The minimum atomic E-state index is -0.672. The fourth-order valence-corrected chi connectivity index (χ4v) is 3.71. The number of carbonyl (C=O) groups is 3. The highest BCUT2D eigenvalue weighted by Gasteiger charge is 2.33. The van der Waals surface area contributed by atoms with Gasteiger partial charge in [-0.05, 0) is 43.4 Å². The third kappa shape index (κ3) is 7.95. The van der Waals surface area contributed by atoms with Crippen LogP contribution in [-0.4, -0.2) is 43.2 Å². The van der Waals surface area contributed by atoms with Gasteiger partial charge in [-0.15, -0.1) is 0 Å². The van der Waals surface area contributed by atoms with Crippen LogP contribution in [0.1, 0.15) is 58.4 Å². The van der Waals surface area contributed by atoms with E-state index in [1.165, 1.54) is 6.42 Å². The van der Waals surface area contributed by atoms with Crippen LogP contribution in [0.15, 0.2) is 24.3 Å². The Morgan fingerprint density at radius 1 is 1.10 bits per heavy atom. The molecule has 8 heteroatoms. The summed E-state index contributed by atoms with van der Waals surface area (Å²) in [5.41, 5.74) is 1.63. The summed E-state index contributed by atoms with van der Waals surface area (Å²) in [4.78, 5) is 34.9. The van der Waals surface area contributed by atoms with E-state index in [0.29, 0.717) is 25.3 Å². The quantitative estimate of drug-likeness (QED) is 0.347. The minimum absolute atomic E-state index is 0.0847. The minimum Gasteiger partial charge on any atom is -0.350 e. The summed E-state index contributed by atoms with van der Waals surface area (Å²) in [5.74, 6) is -1.30. The fourth-order valence-electron chi connectivity index (χ4n) is 3.71. The van der Waals surface area contributed by atoms with Crippen LogP contribution in [0.2, 0.25) is 0 Å². The number of carbonyl (C=O) groups excluding carboxylic acids is 3. The highest BCUT2D eigenvalue weighted by molar-refractivity contribution is 5.95. The van der Waals surface area contributed by atoms with E-state index >= 15 is 0 Å². The Balaban J connectivity index is 1.81. The van der Waals surface area contributed by atoms with Gasteiger partial charge in [0.25, 0.3) is 0 Å². The van der Waals surface area contributed by atoms with E-state index in [2.05, 4.69) is 16.0 Å². The van der Waals surface area contributed by atoms with Crippen LogP contribution in [0.4, 0.5) is 5.69 Å². The van der Waals surface area contributed by atoms with E-state index in [1.54, 1.807) is 12.1 Å². The maximum absolute atomic E-state index is 12.1. The number of benzene rings is 1. The van der Waals surface area contributed by atoms with Gasteiger partial charge in [-0.2, -0.15) is 0 Å². The van der Waals surface area contributed by atoms with E-state index < -0.39 is 17.7 Å². The van der Waals surface area contributed by atoms with E-state index in [0.717, 1.165) is 31.2 Å². The Morgan fingerprint density at radius 3 is 2.35 bits per heavy atom. The highest BCUT2D eigenvalue weighted by atomic mass is 16.7. The van der Waals surface area contributed by atoms with Gasteiger partial charge in [0.2, 0.25) is 18.2 Å². The number of hydrogen-bond donors (Lipinski definition) is 3. The molecule has 1 saturated carbocycles. The monoisotopic (exact) mass is 433 g/mol. The SMILES string of the molecule is CCOC1(OCc2ccc(NC(=O)CNC(=O)C(NC=O)C(C)C)cc2)CCCCC1. The van der Waals surface area contributed by atoms with Gasteiger partial charge in [0.05, 0.1) is 13.2 Å². The molecule has 0 aromatic heterocycles. The molecule has 8 nitrogen and oxygen atoms in total. The Morgan fingerprint density at radius 2 is 1.77 bits per heavy atom. The molecule has 0 radical (unpaired) electrons. The number of hydrogen-bond acceptors (Lipinski definition) is 5. The predicted molar refractivity (Wildman–Crippen MR) is 118 cm³/mol. The zero-order valence-electron chi connectivity index (χ0n) is 18.7. The van der Waals surface area contributed by atoms with Crippen molar-refractivity contribution in [2.45, 2.75) is 71.3 Å². The van der Waals surface area contributed by atoms with E-state index in [9.17, 15) is 14.4 Å². The molecule has 1 unspecified atom stereocenters. The lowest BCUT2D eigenvalue weighted by Gasteiger charge is -2.36. The van der Waals surface area contributed by atoms with Crippen LogP contribution in [0.25, 0.3) is 0 Å². The summed E-state index contributed by atoms with van der Waals surface area (Å²) in [5, 5.41) is 7.76. The number of amides is 3. The molecule has 172 valence electrons. The first-order valence-electron chi connectivity index (χ1n) is 11.0. The zero-order chi connectivity index (χ0) is 22.7. The molecule has 0 saturated heterocycles. The van der Waals surface area contributed by atoms with Crippen molar-refractivity contribution in [3.63, 3.8) is 0 Å². The molecule has 1 aromatic carbocycles. The van der Waals surface area contributed by atoms with Gasteiger partial charge in [-0.1, -0.05) is 32.4 Å². The second-order valence-electron chi connectivity index (χ2n) is 8.16. The molecular formula is C23H35N3O5. The summed E-state index contributed by atoms with van der Waals surface area (Å²) in [6.07, 6.45) is 5.77. The normalized spacial score (nSPS) is 16.4. The number of ether oxygens (including phenoxy) is 2. The van der Waals surface area contributed by atoms with Crippen LogP contribution in [0.3, 0.4) is 0 Å². The van der Waals surface area contributed by atoms with E-state index in [-0.39, 0.29) is 18.4 Å². The second-order valence-corrected chi connectivity index (χ2v) is 8.16. The first-order chi connectivity index (χ1) is 14.9. The second kappa shape index (κ2) is 12.4. The molecule has 1 fully saturated rings. The van der Waals surface area contributed by atoms with Crippen LogP contribution in [0.5, 0.6) is 0 Å². The summed E-state index contributed by atoms with van der Waals surface area (Å²) in [6.45, 7) is 6.52.